The standard InChI is InChI=1S/C14H14BrNOS/c15-11-6-8-18-14(11)12(16)13-10-4-2-1-3-9(10)5-7-17-13/h1-4,6,8,12-13H,5,7,16H2. The highest BCUT2D eigenvalue weighted by Gasteiger charge is 2.29. The van der Waals surface area contributed by atoms with Crippen molar-refractivity contribution in [2.45, 2.75) is 18.6 Å². The fourth-order valence-electron chi connectivity index (χ4n) is 2.40. The molecular weight excluding hydrogens is 310 g/mol. The number of fused-ring (bicyclic) bond motifs is 1. The quantitative estimate of drug-likeness (QED) is 0.911. The van der Waals surface area contributed by atoms with Crippen molar-refractivity contribution in [3.63, 3.8) is 0 Å². The van der Waals surface area contributed by atoms with Crippen molar-refractivity contribution in [2.75, 3.05) is 6.61 Å². The molecule has 0 aliphatic carbocycles. The summed E-state index contributed by atoms with van der Waals surface area (Å²) in [4.78, 5) is 1.15. The maximum Gasteiger partial charge on any atom is 0.103 e. The van der Waals surface area contributed by atoms with Gasteiger partial charge in [-0.1, -0.05) is 24.3 Å². The molecule has 2 atom stereocenters. The summed E-state index contributed by atoms with van der Waals surface area (Å²) in [5, 5.41) is 2.05. The first-order valence-corrected chi connectivity index (χ1v) is 7.62. The zero-order chi connectivity index (χ0) is 12.5. The van der Waals surface area contributed by atoms with Gasteiger partial charge in [-0.15, -0.1) is 11.3 Å². The van der Waals surface area contributed by atoms with Crippen LogP contribution in [0.15, 0.2) is 40.2 Å². The van der Waals surface area contributed by atoms with Crippen LogP contribution >= 0.6 is 27.3 Å². The molecule has 0 radical (unpaired) electrons. The van der Waals surface area contributed by atoms with Crippen LogP contribution in [0.4, 0.5) is 0 Å². The first-order valence-electron chi connectivity index (χ1n) is 5.95. The number of ether oxygens (including phenoxy) is 1. The molecule has 2 aromatic rings. The van der Waals surface area contributed by atoms with Gasteiger partial charge in [-0.05, 0) is 44.9 Å². The van der Waals surface area contributed by atoms with E-state index in [0.717, 1.165) is 22.4 Å². The minimum Gasteiger partial charge on any atom is -0.371 e. The molecule has 2 nitrogen and oxygen atoms in total. The van der Waals surface area contributed by atoms with Gasteiger partial charge in [0.15, 0.2) is 0 Å². The van der Waals surface area contributed by atoms with E-state index in [4.69, 9.17) is 10.5 Å². The Kier molecular flexibility index (Phi) is 3.52. The molecule has 0 saturated carbocycles. The number of benzene rings is 1. The molecule has 18 heavy (non-hydrogen) atoms. The van der Waals surface area contributed by atoms with Crippen molar-refractivity contribution in [1.82, 2.24) is 0 Å². The third-order valence-electron chi connectivity index (χ3n) is 3.30. The lowest BCUT2D eigenvalue weighted by atomic mass is 9.93. The monoisotopic (exact) mass is 323 g/mol. The van der Waals surface area contributed by atoms with Crippen LogP contribution in [0.2, 0.25) is 0 Å². The third kappa shape index (κ3) is 2.14. The molecule has 2 unspecified atom stereocenters. The number of nitrogens with two attached hydrogens (primary N) is 1. The van der Waals surface area contributed by atoms with Crippen LogP contribution in [0.5, 0.6) is 0 Å². The summed E-state index contributed by atoms with van der Waals surface area (Å²) in [5.74, 6) is 0. The maximum atomic E-state index is 6.39. The van der Waals surface area contributed by atoms with Gasteiger partial charge in [0.05, 0.1) is 12.6 Å². The molecule has 3 rings (SSSR count). The van der Waals surface area contributed by atoms with E-state index in [9.17, 15) is 0 Å². The molecule has 1 aromatic carbocycles. The van der Waals surface area contributed by atoms with E-state index in [1.807, 2.05) is 11.4 Å². The van der Waals surface area contributed by atoms with Crippen molar-refractivity contribution in [3.05, 3.63) is 56.2 Å². The van der Waals surface area contributed by atoms with E-state index in [-0.39, 0.29) is 12.1 Å². The molecule has 4 heteroatoms. The van der Waals surface area contributed by atoms with Gasteiger partial charge >= 0.3 is 0 Å². The van der Waals surface area contributed by atoms with E-state index in [0.29, 0.717) is 0 Å². The summed E-state index contributed by atoms with van der Waals surface area (Å²) in [5.41, 5.74) is 8.98. The first kappa shape index (κ1) is 12.4. The van der Waals surface area contributed by atoms with Crippen molar-refractivity contribution < 1.29 is 4.74 Å². The average molecular weight is 324 g/mol. The molecule has 1 aliphatic heterocycles. The lowest BCUT2D eigenvalue weighted by molar-refractivity contribution is 0.0247. The Labute approximate surface area is 119 Å². The third-order valence-corrected chi connectivity index (χ3v) is 5.28. The molecular formula is C14H14BrNOS. The molecule has 0 spiro atoms. The molecule has 0 bridgehead atoms. The number of hydrogen-bond acceptors (Lipinski definition) is 3. The zero-order valence-corrected chi connectivity index (χ0v) is 12.2. The van der Waals surface area contributed by atoms with Crippen LogP contribution in [0.3, 0.4) is 0 Å². The largest absolute Gasteiger partial charge is 0.371 e. The van der Waals surface area contributed by atoms with Crippen LogP contribution in [0.1, 0.15) is 28.1 Å². The first-order chi connectivity index (χ1) is 8.77. The smallest absolute Gasteiger partial charge is 0.103 e. The Hall–Kier alpha value is -0.680. The predicted octanol–water partition coefficient (Wildman–Crippen LogP) is 3.82. The van der Waals surface area contributed by atoms with Crippen molar-refractivity contribution in [2.24, 2.45) is 5.73 Å². The SMILES string of the molecule is NC(c1sccc1Br)C1OCCc2ccccc21. The molecule has 0 amide bonds. The van der Waals surface area contributed by atoms with Gasteiger partial charge in [-0.3, -0.25) is 0 Å². The molecule has 0 saturated heterocycles. The molecule has 0 fully saturated rings. The van der Waals surface area contributed by atoms with Crippen LogP contribution in [0.25, 0.3) is 0 Å². The lowest BCUT2D eigenvalue weighted by Crippen LogP contribution is -2.26. The highest BCUT2D eigenvalue weighted by Crippen LogP contribution is 2.39. The van der Waals surface area contributed by atoms with Crippen LogP contribution in [0, 0.1) is 0 Å². The summed E-state index contributed by atoms with van der Waals surface area (Å²) in [6.45, 7) is 0.748. The second kappa shape index (κ2) is 5.13. The second-order valence-corrected chi connectivity index (χ2v) is 6.20. The fourth-order valence-corrected chi connectivity index (χ4v) is 4.07. The van der Waals surface area contributed by atoms with Gasteiger partial charge in [0.2, 0.25) is 0 Å². The fraction of sp³-hybridized carbons (Fsp3) is 0.286. The molecule has 2 heterocycles. The number of rotatable bonds is 2. The normalized spacial score (nSPS) is 20.4. The Morgan fingerprint density at radius 2 is 2.17 bits per heavy atom. The van der Waals surface area contributed by atoms with E-state index in [1.54, 1.807) is 11.3 Å². The summed E-state index contributed by atoms with van der Waals surface area (Å²) >= 11 is 5.22. The topological polar surface area (TPSA) is 35.2 Å². The van der Waals surface area contributed by atoms with Gasteiger partial charge < -0.3 is 10.5 Å². The van der Waals surface area contributed by atoms with E-state index in [1.165, 1.54) is 11.1 Å². The molecule has 1 aliphatic rings. The second-order valence-electron chi connectivity index (χ2n) is 4.40. The minimum absolute atomic E-state index is 0.0371. The molecule has 2 N–H and O–H groups in total. The molecule has 94 valence electrons. The van der Waals surface area contributed by atoms with E-state index < -0.39 is 0 Å². The summed E-state index contributed by atoms with van der Waals surface area (Å²) < 4.78 is 6.98. The van der Waals surface area contributed by atoms with E-state index in [2.05, 4.69) is 40.2 Å². The highest BCUT2D eigenvalue weighted by molar-refractivity contribution is 9.10. The number of hydrogen-bond donors (Lipinski definition) is 1. The number of thiophene rings is 1. The highest BCUT2D eigenvalue weighted by atomic mass is 79.9. The lowest BCUT2D eigenvalue weighted by Gasteiger charge is -2.30. The Bertz CT molecular complexity index is 554. The van der Waals surface area contributed by atoms with Gasteiger partial charge in [0.1, 0.15) is 6.10 Å². The van der Waals surface area contributed by atoms with Crippen LogP contribution in [-0.4, -0.2) is 6.61 Å². The summed E-state index contributed by atoms with van der Waals surface area (Å²) in [7, 11) is 0. The van der Waals surface area contributed by atoms with Crippen molar-refractivity contribution in [1.29, 1.82) is 0 Å². The Morgan fingerprint density at radius 1 is 1.33 bits per heavy atom. The Morgan fingerprint density at radius 3 is 2.94 bits per heavy atom. The number of halogens is 1. The van der Waals surface area contributed by atoms with E-state index >= 15 is 0 Å². The zero-order valence-electron chi connectivity index (χ0n) is 9.80. The summed E-state index contributed by atoms with van der Waals surface area (Å²) in [6.07, 6.45) is 0.940. The molecule has 1 aromatic heterocycles. The maximum absolute atomic E-state index is 6.39. The average Bonchev–Trinajstić information content (AvgIpc) is 2.83. The Balaban J connectivity index is 1.97. The predicted molar refractivity (Wildman–Crippen MR) is 77.8 cm³/mol. The summed E-state index contributed by atoms with van der Waals surface area (Å²) in [6, 6.07) is 10.3. The van der Waals surface area contributed by atoms with Crippen LogP contribution in [-0.2, 0) is 11.2 Å². The van der Waals surface area contributed by atoms with Gasteiger partial charge in [-0.2, -0.15) is 0 Å². The minimum atomic E-state index is -0.110. The van der Waals surface area contributed by atoms with Crippen molar-refractivity contribution >= 4 is 27.3 Å². The van der Waals surface area contributed by atoms with Gasteiger partial charge in [-0.25, -0.2) is 0 Å². The van der Waals surface area contributed by atoms with Gasteiger partial charge in [0.25, 0.3) is 0 Å². The van der Waals surface area contributed by atoms with Crippen LogP contribution < -0.4 is 5.73 Å². The van der Waals surface area contributed by atoms with Crippen molar-refractivity contribution in [3.8, 4) is 0 Å². The van der Waals surface area contributed by atoms with Gasteiger partial charge in [0, 0.05) is 9.35 Å².